The summed E-state index contributed by atoms with van der Waals surface area (Å²) >= 11 is 8.26. The fourth-order valence-corrected chi connectivity index (χ4v) is 5.17. The molecule has 1 N–H and O–H groups in total. The van der Waals surface area contributed by atoms with Gasteiger partial charge in [0.15, 0.2) is 0 Å². The molecule has 1 aliphatic rings. The normalized spacial score (nSPS) is 15.8. The van der Waals surface area contributed by atoms with Crippen molar-refractivity contribution in [2.45, 2.75) is 51.6 Å². The SMILES string of the molecule is CC1(O)CCN(C(=O)c2ccc(-c3cc(-c4ccnc(C(C)(C)C)c4)cs3)c(Cl)c2)CC1.Cl. The van der Waals surface area contributed by atoms with Crippen molar-refractivity contribution in [2.24, 2.45) is 0 Å². The Kier molecular flexibility index (Phi) is 7.59. The number of pyridine rings is 1. The van der Waals surface area contributed by atoms with Crippen LogP contribution in [-0.2, 0) is 5.41 Å². The van der Waals surface area contributed by atoms with Crippen molar-refractivity contribution in [1.29, 1.82) is 0 Å². The number of likely N-dealkylation sites (tertiary alicyclic amines) is 1. The van der Waals surface area contributed by atoms with Crippen molar-refractivity contribution in [3.8, 4) is 21.6 Å². The lowest BCUT2D eigenvalue weighted by Gasteiger charge is -2.35. The van der Waals surface area contributed by atoms with Crippen molar-refractivity contribution in [2.75, 3.05) is 13.1 Å². The van der Waals surface area contributed by atoms with Crippen LogP contribution in [0.1, 0.15) is 56.6 Å². The van der Waals surface area contributed by atoms with E-state index in [4.69, 9.17) is 11.6 Å². The number of piperidine rings is 1. The molecule has 2 aromatic heterocycles. The molecule has 0 unspecified atom stereocenters. The first kappa shape index (κ1) is 25.7. The Balaban J connectivity index is 0.00000306. The first-order chi connectivity index (χ1) is 15.0. The number of aliphatic hydroxyl groups is 1. The third-order valence-electron chi connectivity index (χ3n) is 6.07. The van der Waals surface area contributed by atoms with Gasteiger partial charge < -0.3 is 10.0 Å². The Morgan fingerprint density at radius 3 is 2.45 bits per heavy atom. The van der Waals surface area contributed by atoms with Crippen LogP contribution in [0.2, 0.25) is 5.02 Å². The molecule has 1 fully saturated rings. The molecule has 3 aromatic rings. The van der Waals surface area contributed by atoms with E-state index in [0.717, 1.165) is 27.3 Å². The Bertz CT molecular complexity index is 1140. The van der Waals surface area contributed by atoms with Gasteiger partial charge in [0.1, 0.15) is 0 Å². The highest BCUT2D eigenvalue weighted by molar-refractivity contribution is 7.14. The molecule has 4 nitrogen and oxygen atoms in total. The molecule has 7 heteroatoms. The monoisotopic (exact) mass is 504 g/mol. The fraction of sp³-hybridized carbons (Fsp3) is 0.385. The predicted octanol–water partition coefficient (Wildman–Crippen LogP) is 6.84. The molecule has 0 radical (unpaired) electrons. The van der Waals surface area contributed by atoms with Crippen LogP contribution in [0.15, 0.2) is 48.0 Å². The molecule has 1 amide bonds. The zero-order valence-corrected chi connectivity index (χ0v) is 21.8. The predicted molar refractivity (Wildman–Crippen MR) is 140 cm³/mol. The van der Waals surface area contributed by atoms with Gasteiger partial charge in [-0.15, -0.1) is 23.7 Å². The zero-order valence-electron chi connectivity index (χ0n) is 19.4. The standard InChI is InChI=1S/C26H29ClN2O2S.ClH/c1-25(2,3)23-15-17(7-10-28-23)19-14-22(32-16-19)20-6-5-18(13-21(20)27)24(30)29-11-8-26(4,31)9-12-29;/h5-7,10,13-16,31H,8-9,11-12H2,1-4H3;1H. The minimum absolute atomic E-state index is 0. The van der Waals surface area contributed by atoms with Crippen molar-refractivity contribution in [3.63, 3.8) is 0 Å². The summed E-state index contributed by atoms with van der Waals surface area (Å²) in [6.07, 6.45) is 3.05. The number of carbonyl (C=O) groups excluding carboxylic acids is 1. The molecule has 1 saturated heterocycles. The van der Waals surface area contributed by atoms with Crippen LogP contribution in [0, 0.1) is 0 Å². The van der Waals surface area contributed by atoms with E-state index in [2.05, 4.69) is 43.3 Å². The number of hydrogen-bond donors (Lipinski definition) is 1. The largest absolute Gasteiger partial charge is 0.390 e. The second kappa shape index (κ2) is 9.75. The van der Waals surface area contributed by atoms with Gasteiger partial charge in [0.25, 0.3) is 5.91 Å². The highest BCUT2D eigenvalue weighted by Gasteiger charge is 2.30. The van der Waals surface area contributed by atoms with Crippen LogP contribution < -0.4 is 0 Å². The van der Waals surface area contributed by atoms with E-state index in [9.17, 15) is 9.90 Å². The summed E-state index contributed by atoms with van der Waals surface area (Å²) in [5, 5.41) is 12.8. The third kappa shape index (κ3) is 5.78. The Morgan fingerprint density at radius 1 is 1.12 bits per heavy atom. The maximum absolute atomic E-state index is 12.9. The van der Waals surface area contributed by atoms with E-state index >= 15 is 0 Å². The second-order valence-corrected chi connectivity index (χ2v) is 11.2. The van der Waals surface area contributed by atoms with E-state index in [1.165, 1.54) is 0 Å². The smallest absolute Gasteiger partial charge is 0.253 e. The topological polar surface area (TPSA) is 53.4 Å². The van der Waals surface area contributed by atoms with Gasteiger partial charge in [0, 0.05) is 46.4 Å². The van der Waals surface area contributed by atoms with Crippen LogP contribution in [-0.4, -0.2) is 39.6 Å². The maximum atomic E-state index is 12.9. The van der Waals surface area contributed by atoms with Crippen LogP contribution >= 0.6 is 35.3 Å². The summed E-state index contributed by atoms with van der Waals surface area (Å²) in [7, 11) is 0. The van der Waals surface area contributed by atoms with Crippen LogP contribution in [0.4, 0.5) is 0 Å². The van der Waals surface area contributed by atoms with Gasteiger partial charge in [0.2, 0.25) is 0 Å². The van der Waals surface area contributed by atoms with Crippen molar-refractivity contribution in [1.82, 2.24) is 9.88 Å². The fourth-order valence-electron chi connectivity index (χ4n) is 3.87. The Hall–Kier alpha value is -1.92. The highest BCUT2D eigenvalue weighted by Crippen LogP contribution is 2.37. The van der Waals surface area contributed by atoms with Crippen molar-refractivity contribution in [3.05, 3.63) is 64.3 Å². The van der Waals surface area contributed by atoms with Crippen LogP contribution in [0.3, 0.4) is 0 Å². The lowest BCUT2D eigenvalue weighted by molar-refractivity contribution is -0.00202. The quantitative estimate of drug-likeness (QED) is 0.424. The van der Waals surface area contributed by atoms with E-state index < -0.39 is 5.60 Å². The number of nitrogens with zero attached hydrogens (tertiary/aromatic N) is 2. The molecular weight excluding hydrogens is 475 g/mol. The minimum Gasteiger partial charge on any atom is -0.390 e. The molecule has 0 aliphatic carbocycles. The molecule has 1 aromatic carbocycles. The molecule has 0 spiro atoms. The number of thiophene rings is 1. The number of rotatable bonds is 3. The number of benzene rings is 1. The lowest BCUT2D eigenvalue weighted by Crippen LogP contribution is -2.45. The van der Waals surface area contributed by atoms with Gasteiger partial charge in [-0.25, -0.2) is 0 Å². The van der Waals surface area contributed by atoms with Crippen LogP contribution in [0.25, 0.3) is 21.6 Å². The van der Waals surface area contributed by atoms with E-state index in [1.807, 2.05) is 31.3 Å². The highest BCUT2D eigenvalue weighted by atomic mass is 35.5. The summed E-state index contributed by atoms with van der Waals surface area (Å²) < 4.78 is 0. The van der Waals surface area contributed by atoms with Gasteiger partial charge in [0.05, 0.1) is 10.6 Å². The Morgan fingerprint density at radius 2 is 1.82 bits per heavy atom. The summed E-state index contributed by atoms with van der Waals surface area (Å²) in [6, 6.07) is 11.8. The molecule has 33 heavy (non-hydrogen) atoms. The van der Waals surface area contributed by atoms with Crippen molar-refractivity contribution < 1.29 is 9.90 Å². The summed E-state index contributed by atoms with van der Waals surface area (Å²) in [4.78, 5) is 20.3. The molecular formula is C26H30Cl2N2O2S. The van der Waals surface area contributed by atoms with Crippen LogP contribution in [0.5, 0.6) is 0 Å². The molecule has 1 aliphatic heterocycles. The zero-order chi connectivity index (χ0) is 23.1. The molecule has 0 bridgehead atoms. The van der Waals surface area contributed by atoms with Gasteiger partial charge in [-0.1, -0.05) is 38.4 Å². The molecule has 0 saturated carbocycles. The number of carbonyl (C=O) groups is 1. The Labute approximate surface area is 211 Å². The molecule has 176 valence electrons. The first-order valence-corrected chi connectivity index (χ1v) is 12.2. The minimum atomic E-state index is -0.683. The van der Waals surface area contributed by atoms with E-state index in [0.29, 0.717) is 36.5 Å². The number of halogens is 2. The average molecular weight is 506 g/mol. The maximum Gasteiger partial charge on any atom is 0.253 e. The number of amides is 1. The molecule has 0 atom stereocenters. The first-order valence-electron chi connectivity index (χ1n) is 10.9. The van der Waals surface area contributed by atoms with Gasteiger partial charge in [-0.05, 0) is 66.6 Å². The second-order valence-electron chi connectivity index (χ2n) is 9.86. The average Bonchev–Trinajstić information content (AvgIpc) is 3.22. The third-order valence-corrected chi connectivity index (χ3v) is 7.35. The number of hydrogen-bond acceptors (Lipinski definition) is 4. The van der Waals surface area contributed by atoms with Crippen molar-refractivity contribution >= 4 is 41.3 Å². The number of aromatic nitrogens is 1. The lowest BCUT2D eigenvalue weighted by atomic mass is 9.90. The van der Waals surface area contributed by atoms with Gasteiger partial charge in [-0.3, -0.25) is 9.78 Å². The summed E-state index contributed by atoms with van der Waals surface area (Å²) in [5.74, 6) is -0.0349. The summed E-state index contributed by atoms with van der Waals surface area (Å²) in [5.41, 5.74) is 4.14. The summed E-state index contributed by atoms with van der Waals surface area (Å²) in [6.45, 7) is 9.42. The van der Waals surface area contributed by atoms with Gasteiger partial charge >= 0.3 is 0 Å². The van der Waals surface area contributed by atoms with E-state index in [1.54, 1.807) is 22.3 Å². The molecule has 3 heterocycles. The van der Waals surface area contributed by atoms with Gasteiger partial charge in [-0.2, -0.15) is 0 Å². The van der Waals surface area contributed by atoms with E-state index in [-0.39, 0.29) is 23.7 Å². The molecule has 4 rings (SSSR count).